The number of aromatic nitrogens is 6. The zero-order chi connectivity index (χ0) is 24.9. The minimum atomic E-state index is -4.68. The van der Waals surface area contributed by atoms with Crippen molar-refractivity contribution in [2.75, 3.05) is 5.73 Å². The van der Waals surface area contributed by atoms with Gasteiger partial charge in [-0.25, -0.2) is 24.3 Å². The number of aliphatic hydroxyl groups is 1. The first-order chi connectivity index (χ1) is 16.7. The number of rotatable bonds is 3. The van der Waals surface area contributed by atoms with Crippen LogP contribution >= 0.6 is 0 Å². The van der Waals surface area contributed by atoms with Gasteiger partial charge in [0.15, 0.2) is 0 Å². The van der Waals surface area contributed by atoms with Crippen molar-refractivity contribution in [1.29, 1.82) is 0 Å². The first-order valence-corrected chi connectivity index (χ1v) is 10.0. The summed E-state index contributed by atoms with van der Waals surface area (Å²) in [4.78, 5) is 42.7. The van der Waals surface area contributed by atoms with Gasteiger partial charge in [0.1, 0.15) is 12.2 Å². The zero-order valence-corrected chi connectivity index (χ0v) is 17.6. The highest BCUT2D eigenvalue weighted by molar-refractivity contribution is 6.01. The van der Waals surface area contributed by atoms with Crippen LogP contribution in [-0.4, -0.2) is 34.2 Å². The number of aliphatic hydroxyl groups excluding tert-OH is 1. The number of hydrogen-bond acceptors (Lipinski definition) is 8. The Labute approximate surface area is 192 Å². The lowest BCUT2D eigenvalue weighted by molar-refractivity contribution is -0.137. The zero-order valence-electron chi connectivity index (χ0n) is 17.6. The van der Waals surface area contributed by atoms with E-state index in [1.54, 1.807) is 12.1 Å². The molecule has 3 N–H and O–H groups in total. The van der Waals surface area contributed by atoms with Gasteiger partial charge in [-0.15, -0.1) is 0 Å². The molecule has 0 atom stereocenters. The summed E-state index contributed by atoms with van der Waals surface area (Å²) in [6.45, 7) is -0.985. The number of pyridine rings is 2. The van der Waals surface area contributed by atoms with Crippen LogP contribution in [0.3, 0.4) is 0 Å². The van der Waals surface area contributed by atoms with Crippen molar-refractivity contribution in [2.24, 2.45) is 0 Å². The standard InChI is InChI=1S/C22H14F3N7O3/c23-22(24,25)12-2-1-3-13(6-12)32-18-14(19(34)31(10-33)21(32)35)9-27-16-5-4-15(30-17(16)18)11-7-28-20(26)29-8-11/h1-9,33H,10H2,(H2,26,28,29). The van der Waals surface area contributed by atoms with Crippen LogP contribution in [0.5, 0.6) is 0 Å². The fraction of sp³-hybridized carbons (Fsp3) is 0.0909. The molecule has 5 aromatic rings. The molecule has 0 aliphatic heterocycles. The third-order valence-corrected chi connectivity index (χ3v) is 5.35. The van der Waals surface area contributed by atoms with Crippen molar-refractivity contribution in [1.82, 2.24) is 29.1 Å². The fourth-order valence-electron chi connectivity index (χ4n) is 3.70. The average molecular weight is 481 g/mol. The molecule has 0 saturated carbocycles. The number of halogens is 3. The lowest BCUT2D eigenvalue weighted by atomic mass is 10.1. The summed E-state index contributed by atoms with van der Waals surface area (Å²) in [5, 5.41) is 9.53. The summed E-state index contributed by atoms with van der Waals surface area (Å²) < 4.78 is 41.6. The summed E-state index contributed by atoms with van der Waals surface area (Å²) in [5.41, 5.74) is 3.56. The number of alkyl halides is 3. The maximum absolute atomic E-state index is 13.4. The monoisotopic (exact) mass is 481 g/mol. The number of anilines is 1. The molecule has 0 bridgehead atoms. The van der Waals surface area contributed by atoms with E-state index in [2.05, 4.69) is 19.9 Å². The Morgan fingerprint density at radius 1 is 1.00 bits per heavy atom. The summed E-state index contributed by atoms with van der Waals surface area (Å²) >= 11 is 0. The smallest absolute Gasteiger partial charge is 0.376 e. The number of nitrogens with two attached hydrogens (primary N) is 1. The molecule has 4 heterocycles. The molecule has 0 aliphatic carbocycles. The van der Waals surface area contributed by atoms with Crippen molar-refractivity contribution in [3.8, 4) is 16.9 Å². The maximum atomic E-state index is 13.4. The molecule has 0 fully saturated rings. The minimum Gasteiger partial charge on any atom is -0.376 e. The molecule has 176 valence electrons. The normalized spacial score (nSPS) is 11.9. The highest BCUT2D eigenvalue weighted by Gasteiger charge is 2.31. The summed E-state index contributed by atoms with van der Waals surface area (Å²) in [6.07, 6.45) is -0.643. The van der Waals surface area contributed by atoms with E-state index in [0.29, 0.717) is 15.8 Å². The van der Waals surface area contributed by atoms with Gasteiger partial charge < -0.3 is 10.8 Å². The topological polar surface area (TPSA) is 142 Å². The van der Waals surface area contributed by atoms with E-state index in [1.165, 1.54) is 24.7 Å². The van der Waals surface area contributed by atoms with Gasteiger partial charge in [-0.05, 0) is 30.3 Å². The highest BCUT2D eigenvalue weighted by Crippen LogP contribution is 2.31. The Morgan fingerprint density at radius 2 is 1.74 bits per heavy atom. The first-order valence-electron chi connectivity index (χ1n) is 10.0. The van der Waals surface area contributed by atoms with Gasteiger partial charge in [-0.2, -0.15) is 13.2 Å². The molecule has 35 heavy (non-hydrogen) atoms. The highest BCUT2D eigenvalue weighted by atomic mass is 19.4. The predicted octanol–water partition coefficient (Wildman–Crippen LogP) is 2.10. The van der Waals surface area contributed by atoms with Crippen molar-refractivity contribution >= 4 is 27.9 Å². The average Bonchev–Trinajstić information content (AvgIpc) is 2.84. The van der Waals surface area contributed by atoms with Gasteiger partial charge in [-0.1, -0.05) is 6.07 Å². The summed E-state index contributed by atoms with van der Waals surface area (Å²) in [7, 11) is 0. The van der Waals surface area contributed by atoms with Gasteiger partial charge in [-0.3, -0.25) is 14.3 Å². The molecule has 4 aromatic heterocycles. The lowest BCUT2D eigenvalue weighted by Gasteiger charge is -2.16. The maximum Gasteiger partial charge on any atom is 0.416 e. The second kappa shape index (κ2) is 7.99. The number of benzene rings is 1. The van der Waals surface area contributed by atoms with Crippen LogP contribution < -0.4 is 17.0 Å². The number of hydrogen-bond donors (Lipinski definition) is 2. The van der Waals surface area contributed by atoms with Crippen molar-refractivity contribution in [3.63, 3.8) is 0 Å². The van der Waals surface area contributed by atoms with E-state index in [-0.39, 0.29) is 33.6 Å². The molecule has 5 rings (SSSR count). The molecular weight excluding hydrogens is 467 g/mol. The van der Waals surface area contributed by atoms with E-state index in [4.69, 9.17) is 5.73 Å². The van der Waals surface area contributed by atoms with Gasteiger partial charge >= 0.3 is 11.9 Å². The number of fused-ring (bicyclic) bond motifs is 3. The lowest BCUT2D eigenvalue weighted by Crippen LogP contribution is -2.39. The second-order valence-corrected chi connectivity index (χ2v) is 7.46. The van der Waals surface area contributed by atoms with Crippen LogP contribution in [-0.2, 0) is 12.9 Å². The van der Waals surface area contributed by atoms with Crippen LogP contribution in [0.15, 0.2) is 64.6 Å². The Bertz CT molecular complexity index is 1730. The third kappa shape index (κ3) is 3.67. The number of nitrogens with zero attached hydrogens (tertiary/aromatic N) is 6. The van der Waals surface area contributed by atoms with Crippen molar-refractivity contribution in [3.05, 3.63) is 81.4 Å². The molecule has 0 unspecified atom stereocenters. The number of nitrogen functional groups attached to an aromatic ring is 1. The largest absolute Gasteiger partial charge is 0.416 e. The van der Waals surface area contributed by atoms with Crippen molar-refractivity contribution < 1.29 is 18.3 Å². The second-order valence-electron chi connectivity index (χ2n) is 7.46. The molecule has 0 spiro atoms. The molecule has 10 nitrogen and oxygen atoms in total. The predicted molar refractivity (Wildman–Crippen MR) is 120 cm³/mol. The van der Waals surface area contributed by atoms with Gasteiger partial charge in [0.2, 0.25) is 5.95 Å². The third-order valence-electron chi connectivity index (χ3n) is 5.35. The Morgan fingerprint density at radius 3 is 2.43 bits per heavy atom. The van der Waals surface area contributed by atoms with E-state index in [9.17, 15) is 27.9 Å². The molecule has 1 aromatic carbocycles. The molecule has 0 aliphatic rings. The quantitative estimate of drug-likeness (QED) is 0.373. The van der Waals surface area contributed by atoms with Gasteiger partial charge in [0.25, 0.3) is 5.56 Å². The molecule has 13 heteroatoms. The molecule has 0 radical (unpaired) electrons. The Balaban J connectivity index is 1.93. The van der Waals surface area contributed by atoms with E-state index in [0.717, 1.165) is 22.8 Å². The van der Waals surface area contributed by atoms with Gasteiger partial charge in [0, 0.05) is 24.2 Å². The SMILES string of the molecule is Nc1ncc(-c2ccc3ncc4c(=O)n(CO)c(=O)n(-c5cccc(C(F)(F)F)c5)c4c3n2)cn1. The minimum absolute atomic E-state index is 0.0459. The van der Waals surface area contributed by atoms with Crippen LogP contribution in [0, 0.1) is 0 Å². The van der Waals surface area contributed by atoms with E-state index < -0.39 is 29.7 Å². The summed E-state index contributed by atoms with van der Waals surface area (Å²) in [6, 6.07) is 7.24. The van der Waals surface area contributed by atoms with Crippen LogP contribution in [0.1, 0.15) is 5.56 Å². The van der Waals surface area contributed by atoms with Crippen LogP contribution in [0.4, 0.5) is 19.1 Å². The van der Waals surface area contributed by atoms with Crippen LogP contribution in [0.2, 0.25) is 0 Å². The molecule has 0 saturated heterocycles. The fourth-order valence-corrected chi connectivity index (χ4v) is 3.70. The van der Waals surface area contributed by atoms with E-state index in [1.807, 2.05) is 0 Å². The Kier molecular flexibility index (Phi) is 5.06. The Hall–Kier alpha value is -4.65. The molecular formula is C22H14F3N7O3. The van der Waals surface area contributed by atoms with Crippen molar-refractivity contribution in [2.45, 2.75) is 12.9 Å². The molecule has 0 amide bonds. The summed E-state index contributed by atoms with van der Waals surface area (Å²) in [5.74, 6) is 0.0459. The van der Waals surface area contributed by atoms with Gasteiger partial charge in [0.05, 0.1) is 33.4 Å². The van der Waals surface area contributed by atoms with Crippen LogP contribution in [0.25, 0.3) is 38.9 Å². The van der Waals surface area contributed by atoms with E-state index >= 15 is 0 Å². The first kappa shape index (κ1) is 22.2.